The minimum absolute atomic E-state index is 0.351. The van der Waals surface area contributed by atoms with Gasteiger partial charge in [-0.2, -0.15) is 0 Å². The van der Waals surface area contributed by atoms with Crippen molar-refractivity contribution in [2.24, 2.45) is 0 Å². The zero-order chi connectivity index (χ0) is 7.40. The molecular weight excluding hydrogens is 146 g/mol. The van der Waals surface area contributed by atoms with E-state index >= 15 is 0 Å². The Labute approximate surface area is 64.5 Å². The second-order valence-corrected chi connectivity index (χ2v) is 2.94. The Morgan fingerprint density at radius 3 is 3.10 bits per heavy atom. The van der Waals surface area contributed by atoms with E-state index in [0.717, 1.165) is 18.5 Å². The SMILES string of the molecule is CCCC(O)c1cscn1. The number of aliphatic hydroxyl groups is 1. The molecule has 1 N–H and O–H groups in total. The van der Waals surface area contributed by atoms with Gasteiger partial charge in [-0.1, -0.05) is 13.3 Å². The summed E-state index contributed by atoms with van der Waals surface area (Å²) >= 11 is 1.52. The predicted octanol–water partition coefficient (Wildman–Crippen LogP) is 1.98. The molecular formula is C7H11NOS. The molecule has 0 amide bonds. The second-order valence-electron chi connectivity index (χ2n) is 2.22. The lowest BCUT2D eigenvalue weighted by molar-refractivity contribution is 0.162. The van der Waals surface area contributed by atoms with Crippen LogP contribution in [0.15, 0.2) is 10.9 Å². The summed E-state index contributed by atoms with van der Waals surface area (Å²) in [6, 6.07) is 0. The fourth-order valence-corrected chi connectivity index (χ4v) is 1.41. The van der Waals surface area contributed by atoms with Crippen LogP contribution in [-0.2, 0) is 0 Å². The van der Waals surface area contributed by atoms with Crippen LogP contribution in [0.4, 0.5) is 0 Å². The van der Waals surface area contributed by atoms with Gasteiger partial charge in [0.25, 0.3) is 0 Å². The first-order valence-electron chi connectivity index (χ1n) is 3.40. The maximum absolute atomic E-state index is 9.35. The molecule has 1 aromatic heterocycles. The summed E-state index contributed by atoms with van der Waals surface area (Å²) in [6.45, 7) is 2.05. The van der Waals surface area contributed by atoms with Gasteiger partial charge >= 0.3 is 0 Å². The minimum atomic E-state index is -0.351. The highest BCUT2D eigenvalue weighted by Gasteiger charge is 2.06. The van der Waals surface area contributed by atoms with Gasteiger partial charge in [0.1, 0.15) is 0 Å². The minimum Gasteiger partial charge on any atom is -0.387 e. The molecule has 1 atom stereocenters. The van der Waals surface area contributed by atoms with E-state index in [4.69, 9.17) is 0 Å². The molecule has 0 aliphatic carbocycles. The van der Waals surface area contributed by atoms with Crippen molar-refractivity contribution < 1.29 is 5.11 Å². The Morgan fingerprint density at radius 2 is 2.60 bits per heavy atom. The molecule has 0 bridgehead atoms. The molecule has 2 nitrogen and oxygen atoms in total. The number of aliphatic hydroxyl groups excluding tert-OH is 1. The second kappa shape index (κ2) is 3.68. The largest absolute Gasteiger partial charge is 0.387 e. The highest BCUT2D eigenvalue weighted by Crippen LogP contribution is 2.16. The third kappa shape index (κ3) is 1.78. The van der Waals surface area contributed by atoms with Crippen molar-refractivity contribution in [1.82, 2.24) is 4.98 Å². The number of hydrogen-bond donors (Lipinski definition) is 1. The van der Waals surface area contributed by atoms with E-state index < -0.39 is 0 Å². The van der Waals surface area contributed by atoms with E-state index in [1.54, 1.807) is 5.51 Å². The van der Waals surface area contributed by atoms with Crippen LogP contribution < -0.4 is 0 Å². The van der Waals surface area contributed by atoms with Crippen LogP contribution in [-0.4, -0.2) is 10.1 Å². The summed E-state index contributed by atoms with van der Waals surface area (Å²) in [5, 5.41) is 11.2. The van der Waals surface area contributed by atoms with Gasteiger partial charge in [0, 0.05) is 5.38 Å². The number of hydrogen-bond acceptors (Lipinski definition) is 3. The summed E-state index contributed by atoms with van der Waals surface area (Å²) in [5.41, 5.74) is 2.56. The Morgan fingerprint density at radius 1 is 1.80 bits per heavy atom. The fraction of sp³-hybridized carbons (Fsp3) is 0.571. The molecule has 0 saturated carbocycles. The molecule has 0 aliphatic heterocycles. The van der Waals surface area contributed by atoms with Gasteiger partial charge in [0.15, 0.2) is 0 Å². The Bertz CT molecular complexity index is 174. The van der Waals surface area contributed by atoms with Crippen molar-refractivity contribution in [2.45, 2.75) is 25.9 Å². The first kappa shape index (κ1) is 7.69. The van der Waals surface area contributed by atoms with Gasteiger partial charge in [0.05, 0.1) is 17.3 Å². The normalized spacial score (nSPS) is 13.4. The van der Waals surface area contributed by atoms with Gasteiger partial charge in [0.2, 0.25) is 0 Å². The lowest BCUT2D eigenvalue weighted by Crippen LogP contribution is -1.95. The summed E-state index contributed by atoms with van der Waals surface area (Å²) in [5.74, 6) is 0. The Balaban J connectivity index is 2.50. The number of rotatable bonds is 3. The molecule has 0 saturated heterocycles. The molecule has 1 aromatic rings. The molecule has 0 spiro atoms. The van der Waals surface area contributed by atoms with E-state index in [0.29, 0.717) is 0 Å². The van der Waals surface area contributed by atoms with Crippen LogP contribution >= 0.6 is 11.3 Å². The van der Waals surface area contributed by atoms with Gasteiger partial charge in [-0.05, 0) is 6.42 Å². The monoisotopic (exact) mass is 157 g/mol. The van der Waals surface area contributed by atoms with Crippen molar-refractivity contribution in [3.8, 4) is 0 Å². The predicted molar refractivity (Wildman–Crippen MR) is 42.0 cm³/mol. The van der Waals surface area contributed by atoms with Crippen molar-refractivity contribution in [3.05, 3.63) is 16.6 Å². The maximum Gasteiger partial charge on any atom is 0.0968 e. The quantitative estimate of drug-likeness (QED) is 0.727. The summed E-state index contributed by atoms with van der Waals surface area (Å²) < 4.78 is 0. The first-order chi connectivity index (χ1) is 4.84. The van der Waals surface area contributed by atoms with Crippen molar-refractivity contribution in [2.75, 3.05) is 0 Å². The third-order valence-electron chi connectivity index (χ3n) is 1.35. The molecule has 1 heterocycles. The van der Waals surface area contributed by atoms with E-state index in [-0.39, 0.29) is 6.10 Å². The molecule has 0 fully saturated rings. The van der Waals surface area contributed by atoms with Crippen LogP contribution in [0.3, 0.4) is 0 Å². The van der Waals surface area contributed by atoms with Crippen molar-refractivity contribution >= 4 is 11.3 Å². The van der Waals surface area contributed by atoms with E-state index in [2.05, 4.69) is 11.9 Å². The van der Waals surface area contributed by atoms with Gasteiger partial charge in [-0.15, -0.1) is 11.3 Å². The molecule has 3 heteroatoms. The van der Waals surface area contributed by atoms with E-state index in [1.807, 2.05) is 5.38 Å². The molecule has 1 unspecified atom stereocenters. The summed E-state index contributed by atoms with van der Waals surface area (Å²) in [4.78, 5) is 4.00. The zero-order valence-electron chi connectivity index (χ0n) is 5.95. The van der Waals surface area contributed by atoms with Gasteiger partial charge < -0.3 is 5.11 Å². The van der Waals surface area contributed by atoms with Crippen LogP contribution in [0, 0.1) is 0 Å². The van der Waals surface area contributed by atoms with Crippen LogP contribution in [0.1, 0.15) is 31.6 Å². The smallest absolute Gasteiger partial charge is 0.0968 e. The Kier molecular flexibility index (Phi) is 2.83. The maximum atomic E-state index is 9.35. The van der Waals surface area contributed by atoms with Gasteiger partial charge in [-0.3, -0.25) is 0 Å². The summed E-state index contributed by atoms with van der Waals surface area (Å²) in [7, 11) is 0. The molecule has 0 aromatic carbocycles. The number of aromatic nitrogens is 1. The van der Waals surface area contributed by atoms with E-state index in [9.17, 15) is 5.11 Å². The average molecular weight is 157 g/mol. The average Bonchev–Trinajstić information content (AvgIpc) is 2.38. The lowest BCUT2D eigenvalue weighted by atomic mass is 10.2. The molecule has 0 radical (unpaired) electrons. The topological polar surface area (TPSA) is 33.1 Å². The van der Waals surface area contributed by atoms with Crippen LogP contribution in [0.2, 0.25) is 0 Å². The Hall–Kier alpha value is -0.410. The van der Waals surface area contributed by atoms with E-state index in [1.165, 1.54) is 11.3 Å². The van der Waals surface area contributed by atoms with Gasteiger partial charge in [-0.25, -0.2) is 4.98 Å². The number of nitrogens with zero attached hydrogens (tertiary/aromatic N) is 1. The third-order valence-corrected chi connectivity index (χ3v) is 1.96. The summed E-state index contributed by atoms with van der Waals surface area (Å²) in [6.07, 6.45) is 1.46. The highest BCUT2D eigenvalue weighted by molar-refractivity contribution is 7.07. The molecule has 10 heavy (non-hydrogen) atoms. The fourth-order valence-electron chi connectivity index (χ4n) is 0.808. The standard InChI is InChI=1S/C7H11NOS/c1-2-3-7(9)6-4-10-5-8-6/h4-5,7,9H,2-3H2,1H3. The first-order valence-corrected chi connectivity index (χ1v) is 4.35. The molecule has 1 rings (SSSR count). The van der Waals surface area contributed by atoms with Crippen molar-refractivity contribution in [3.63, 3.8) is 0 Å². The molecule has 56 valence electrons. The van der Waals surface area contributed by atoms with Crippen molar-refractivity contribution in [1.29, 1.82) is 0 Å². The zero-order valence-corrected chi connectivity index (χ0v) is 6.77. The number of thiazole rings is 1. The highest BCUT2D eigenvalue weighted by atomic mass is 32.1. The van der Waals surface area contributed by atoms with Crippen LogP contribution in [0.5, 0.6) is 0 Å². The van der Waals surface area contributed by atoms with Crippen LogP contribution in [0.25, 0.3) is 0 Å². The lowest BCUT2D eigenvalue weighted by Gasteiger charge is -2.03. The molecule has 0 aliphatic rings.